The zero-order valence-electron chi connectivity index (χ0n) is 13.9. The van der Waals surface area contributed by atoms with Crippen LogP contribution in [-0.2, 0) is 9.53 Å². The van der Waals surface area contributed by atoms with Gasteiger partial charge in [-0.05, 0) is 38.8 Å². The summed E-state index contributed by atoms with van der Waals surface area (Å²) in [5, 5.41) is 0. The highest BCUT2D eigenvalue weighted by molar-refractivity contribution is 5.90. The van der Waals surface area contributed by atoms with E-state index in [0.29, 0.717) is 19.0 Å². The molecule has 2 saturated heterocycles. The zero-order valence-corrected chi connectivity index (χ0v) is 13.9. The first-order valence-corrected chi connectivity index (χ1v) is 8.08. The van der Waals surface area contributed by atoms with Gasteiger partial charge in [0.2, 0.25) is 5.91 Å². The van der Waals surface area contributed by atoms with Gasteiger partial charge in [-0.15, -0.1) is 0 Å². The Hall–Kier alpha value is -2.11. The molecule has 1 atom stereocenters. The zero-order chi connectivity index (χ0) is 16.6. The lowest BCUT2D eigenvalue weighted by molar-refractivity contribution is -0.130. The van der Waals surface area contributed by atoms with Crippen molar-refractivity contribution in [3.63, 3.8) is 0 Å². The molecule has 6 nitrogen and oxygen atoms in total. The van der Waals surface area contributed by atoms with Crippen LogP contribution in [0.1, 0.15) is 45.2 Å². The van der Waals surface area contributed by atoms with Gasteiger partial charge in [-0.25, -0.2) is 9.78 Å². The Morgan fingerprint density at radius 3 is 2.83 bits per heavy atom. The summed E-state index contributed by atoms with van der Waals surface area (Å²) in [6, 6.07) is 5.74. The number of cyclic esters (lactones) is 1. The number of carbonyl (C=O) groups is 2. The predicted molar refractivity (Wildman–Crippen MR) is 86.4 cm³/mol. The van der Waals surface area contributed by atoms with E-state index in [1.165, 1.54) is 0 Å². The van der Waals surface area contributed by atoms with Crippen LogP contribution in [0.4, 0.5) is 10.6 Å². The summed E-state index contributed by atoms with van der Waals surface area (Å²) in [6.45, 7) is 7.40. The van der Waals surface area contributed by atoms with Crippen molar-refractivity contribution < 1.29 is 14.3 Å². The summed E-state index contributed by atoms with van der Waals surface area (Å²) < 4.78 is 5.16. The molecule has 2 amide bonds. The first-order chi connectivity index (χ1) is 10.9. The summed E-state index contributed by atoms with van der Waals surface area (Å²) in [4.78, 5) is 31.8. The van der Waals surface area contributed by atoms with Crippen LogP contribution in [0.15, 0.2) is 18.2 Å². The van der Waals surface area contributed by atoms with Gasteiger partial charge >= 0.3 is 6.09 Å². The first kappa shape index (κ1) is 15.8. The summed E-state index contributed by atoms with van der Waals surface area (Å²) in [6.07, 6.45) is 1.63. The number of amides is 2. The van der Waals surface area contributed by atoms with Gasteiger partial charge < -0.3 is 9.64 Å². The van der Waals surface area contributed by atoms with Crippen LogP contribution < -0.4 is 4.90 Å². The third-order valence-electron chi connectivity index (χ3n) is 4.61. The number of rotatable bonds is 2. The SMILES string of the molecule is CC(=O)N1CCC[C@H](c2cccc(N3C(=O)OCC3(C)C)n2)C1. The van der Waals surface area contributed by atoms with E-state index in [2.05, 4.69) is 0 Å². The monoisotopic (exact) mass is 317 g/mol. The minimum atomic E-state index is -0.402. The van der Waals surface area contributed by atoms with Crippen LogP contribution in [0.5, 0.6) is 0 Å². The van der Waals surface area contributed by atoms with E-state index >= 15 is 0 Å². The fourth-order valence-corrected chi connectivity index (χ4v) is 3.31. The molecule has 2 fully saturated rings. The van der Waals surface area contributed by atoms with Crippen molar-refractivity contribution in [2.75, 3.05) is 24.6 Å². The standard InChI is InChI=1S/C17H23N3O3/c1-12(21)19-9-5-6-13(10-19)14-7-4-8-15(18-14)20-16(22)23-11-17(20,2)3/h4,7-8,13H,5-6,9-11H2,1-3H3/t13-/m0/s1. The molecule has 0 unspecified atom stereocenters. The largest absolute Gasteiger partial charge is 0.447 e. The lowest BCUT2D eigenvalue weighted by atomic mass is 9.94. The van der Waals surface area contributed by atoms with E-state index in [0.717, 1.165) is 25.1 Å². The molecular formula is C17H23N3O3. The molecule has 1 aromatic rings. The molecule has 3 rings (SSSR count). The number of piperidine rings is 1. The number of carbonyl (C=O) groups excluding carboxylic acids is 2. The van der Waals surface area contributed by atoms with Crippen molar-refractivity contribution in [1.82, 2.24) is 9.88 Å². The van der Waals surface area contributed by atoms with Gasteiger partial charge in [0.1, 0.15) is 12.4 Å². The van der Waals surface area contributed by atoms with Crippen molar-refractivity contribution in [3.05, 3.63) is 23.9 Å². The van der Waals surface area contributed by atoms with E-state index in [1.54, 1.807) is 11.8 Å². The van der Waals surface area contributed by atoms with Crippen LogP contribution in [0.2, 0.25) is 0 Å². The highest BCUT2D eigenvalue weighted by Gasteiger charge is 2.42. The molecule has 124 valence electrons. The highest BCUT2D eigenvalue weighted by atomic mass is 16.6. The van der Waals surface area contributed by atoms with Gasteiger partial charge in [0.05, 0.1) is 5.54 Å². The average Bonchev–Trinajstić information content (AvgIpc) is 2.81. The summed E-state index contributed by atoms with van der Waals surface area (Å²) in [5.74, 6) is 0.944. The van der Waals surface area contributed by atoms with Gasteiger partial charge in [0.25, 0.3) is 0 Å². The third-order valence-corrected chi connectivity index (χ3v) is 4.61. The van der Waals surface area contributed by atoms with Gasteiger partial charge in [-0.2, -0.15) is 0 Å². The molecule has 0 radical (unpaired) electrons. The molecule has 0 N–H and O–H groups in total. The topological polar surface area (TPSA) is 62.7 Å². The molecule has 0 aliphatic carbocycles. The predicted octanol–water partition coefficient (Wildman–Crippen LogP) is 2.54. The van der Waals surface area contributed by atoms with Gasteiger partial charge in [-0.1, -0.05) is 6.07 Å². The number of hydrogen-bond acceptors (Lipinski definition) is 4. The first-order valence-electron chi connectivity index (χ1n) is 8.08. The van der Waals surface area contributed by atoms with E-state index in [4.69, 9.17) is 9.72 Å². The summed E-state index contributed by atoms with van der Waals surface area (Å²) in [7, 11) is 0. The van der Waals surface area contributed by atoms with Crippen LogP contribution in [0.25, 0.3) is 0 Å². The van der Waals surface area contributed by atoms with Gasteiger partial charge in [-0.3, -0.25) is 9.69 Å². The summed E-state index contributed by atoms with van der Waals surface area (Å²) >= 11 is 0. The Labute approximate surface area is 136 Å². The van der Waals surface area contributed by atoms with Gasteiger partial charge in [0, 0.05) is 31.6 Å². The fraction of sp³-hybridized carbons (Fsp3) is 0.588. The Bertz CT molecular complexity index is 629. The second kappa shape index (κ2) is 5.83. The Kier molecular flexibility index (Phi) is 4.00. The van der Waals surface area contributed by atoms with Crippen LogP contribution in [0, 0.1) is 0 Å². The number of pyridine rings is 1. The molecule has 0 saturated carbocycles. The van der Waals surface area contributed by atoms with E-state index < -0.39 is 5.54 Å². The normalized spacial score (nSPS) is 23.8. The fourth-order valence-electron chi connectivity index (χ4n) is 3.31. The Morgan fingerprint density at radius 2 is 2.17 bits per heavy atom. The minimum absolute atomic E-state index is 0.107. The van der Waals surface area contributed by atoms with Crippen molar-refractivity contribution in [2.24, 2.45) is 0 Å². The van der Waals surface area contributed by atoms with Crippen LogP contribution >= 0.6 is 0 Å². The number of ether oxygens (including phenoxy) is 1. The van der Waals surface area contributed by atoms with Crippen molar-refractivity contribution in [3.8, 4) is 0 Å². The number of nitrogens with zero attached hydrogens (tertiary/aromatic N) is 3. The average molecular weight is 317 g/mol. The van der Waals surface area contributed by atoms with Crippen LogP contribution in [-0.4, -0.2) is 47.1 Å². The Balaban J connectivity index is 1.85. The van der Waals surface area contributed by atoms with Crippen molar-refractivity contribution in [2.45, 2.75) is 45.1 Å². The minimum Gasteiger partial charge on any atom is -0.447 e. The third kappa shape index (κ3) is 3.02. The maximum atomic E-state index is 12.0. The highest BCUT2D eigenvalue weighted by Crippen LogP contribution is 2.31. The maximum Gasteiger partial charge on any atom is 0.416 e. The van der Waals surface area contributed by atoms with E-state index in [1.807, 2.05) is 36.9 Å². The number of aromatic nitrogens is 1. The molecule has 23 heavy (non-hydrogen) atoms. The Morgan fingerprint density at radius 1 is 1.39 bits per heavy atom. The number of anilines is 1. The lowest BCUT2D eigenvalue weighted by Gasteiger charge is -2.32. The lowest BCUT2D eigenvalue weighted by Crippen LogP contribution is -2.43. The van der Waals surface area contributed by atoms with Crippen molar-refractivity contribution in [1.29, 1.82) is 0 Å². The van der Waals surface area contributed by atoms with Crippen molar-refractivity contribution >= 4 is 17.8 Å². The number of hydrogen-bond donors (Lipinski definition) is 0. The summed E-state index contributed by atoms with van der Waals surface area (Å²) in [5.41, 5.74) is 0.532. The molecule has 0 aromatic carbocycles. The molecule has 2 aliphatic rings. The molecule has 3 heterocycles. The maximum absolute atomic E-state index is 12.0. The molecule has 0 spiro atoms. The molecule has 2 aliphatic heterocycles. The molecule has 6 heteroatoms. The number of likely N-dealkylation sites (tertiary alicyclic amines) is 1. The molecule has 1 aromatic heterocycles. The van der Waals surface area contributed by atoms with E-state index in [9.17, 15) is 9.59 Å². The smallest absolute Gasteiger partial charge is 0.416 e. The van der Waals surface area contributed by atoms with E-state index in [-0.39, 0.29) is 17.9 Å². The molecular weight excluding hydrogens is 294 g/mol. The second-order valence-electron chi connectivity index (χ2n) is 6.93. The van der Waals surface area contributed by atoms with Crippen LogP contribution in [0.3, 0.4) is 0 Å². The van der Waals surface area contributed by atoms with Gasteiger partial charge in [0.15, 0.2) is 0 Å². The second-order valence-corrected chi connectivity index (χ2v) is 6.93. The quantitative estimate of drug-likeness (QED) is 0.841. The molecule has 0 bridgehead atoms.